The summed E-state index contributed by atoms with van der Waals surface area (Å²) >= 11 is 0. The highest BCUT2D eigenvalue weighted by Crippen LogP contribution is 2.14. The Bertz CT molecular complexity index is 499. The molecular formula is C15H19NO5. The van der Waals surface area contributed by atoms with Crippen molar-refractivity contribution < 1.29 is 24.2 Å². The minimum Gasteiger partial charge on any atom is -0.481 e. The highest BCUT2D eigenvalue weighted by Gasteiger charge is 2.26. The van der Waals surface area contributed by atoms with Crippen LogP contribution in [0.15, 0.2) is 24.3 Å². The average Bonchev–Trinajstić information content (AvgIpc) is 2.47. The summed E-state index contributed by atoms with van der Waals surface area (Å²) < 4.78 is 10.4. The van der Waals surface area contributed by atoms with E-state index in [2.05, 4.69) is 0 Å². The van der Waals surface area contributed by atoms with Crippen molar-refractivity contribution in [1.82, 2.24) is 4.90 Å². The maximum Gasteiger partial charge on any atom is 0.306 e. The molecule has 0 spiro atoms. The number of carbonyl (C=O) groups is 2. The van der Waals surface area contributed by atoms with Crippen LogP contribution >= 0.6 is 0 Å². The van der Waals surface area contributed by atoms with Gasteiger partial charge in [-0.1, -0.05) is 12.1 Å². The second kappa shape index (κ2) is 7.19. The van der Waals surface area contributed by atoms with Crippen molar-refractivity contribution in [2.45, 2.75) is 19.1 Å². The number of aliphatic carboxylic acids is 1. The van der Waals surface area contributed by atoms with Crippen LogP contribution in [0.5, 0.6) is 0 Å². The van der Waals surface area contributed by atoms with Crippen molar-refractivity contribution in [3.63, 3.8) is 0 Å². The fraction of sp³-hybridized carbons (Fsp3) is 0.467. The number of hydrogen-bond acceptors (Lipinski definition) is 4. The molecule has 1 atom stereocenters. The summed E-state index contributed by atoms with van der Waals surface area (Å²) in [6.07, 6.45) is -0.524. The lowest BCUT2D eigenvalue weighted by atomic mass is 10.1. The molecule has 0 radical (unpaired) electrons. The Hall–Kier alpha value is -1.92. The van der Waals surface area contributed by atoms with Gasteiger partial charge in [0.1, 0.15) is 0 Å². The molecule has 21 heavy (non-hydrogen) atoms. The van der Waals surface area contributed by atoms with Gasteiger partial charge in [0.05, 0.1) is 25.7 Å². The minimum absolute atomic E-state index is 0.0867. The quantitative estimate of drug-likeness (QED) is 0.881. The maximum atomic E-state index is 12.4. The van der Waals surface area contributed by atoms with Gasteiger partial charge in [-0.25, -0.2) is 0 Å². The van der Waals surface area contributed by atoms with Crippen molar-refractivity contribution in [2.75, 3.05) is 26.8 Å². The van der Waals surface area contributed by atoms with E-state index < -0.39 is 12.1 Å². The van der Waals surface area contributed by atoms with Crippen LogP contribution < -0.4 is 0 Å². The van der Waals surface area contributed by atoms with E-state index in [4.69, 9.17) is 14.6 Å². The van der Waals surface area contributed by atoms with Gasteiger partial charge in [0.2, 0.25) is 0 Å². The number of morpholine rings is 1. The molecule has 1 N–H and O–H groups in total. The van der Waals surface area contributed by atoms with E-state index in [9.17, 15) is 9.59 Å². The third-order valence-corrected chi connectivity index (χ3v) is 3.34. The van der Waals surface area contributed by atoms with Crippen LogP contribution in [-0.4, -0.2) is 54.8 Å². The van der Waals surface area contributed by atoms with E-state index >= 15 is 0 Å². The molecule has 0 aromatic heterocycles. The van der Waals surface area contributed by atoms with E-state index in [1.807, 2.05) is 12.1 Å². The smallest absolute Gasteiger partial charge is 0.306 e. The zero-order valence-corrected chi connectivity index (χ0v) is 11.9. The number of nitrogens with zero attached hydrogens (tertiary/aromatic N) is 1. The van der Waals surface area contributed by atoms with Crippen LogP contribution in [-0.2, 0) is 20.9 Å². The highest BCUT2D eigenvalue weighted by atomic mass is 16.5. The minimum atomic E-state index is -0.918. The topological polar surface area (TPSA) is 76.1 Å². The van der Waals surface area contributed by atoms with E-state index in [1.54, 1.807) is 24.1 Å². The molecule has 6 heteroatoms. The van der Waals surface area contributed by atoms with Gasteiger partial charge < -0.3 is 19.5 Å². The summed E-state index contributed by atoms with van der Waals surface area (Å²) in [6, 6.07) is 7.23. The van der Waals surface area contributed by atoms with Gasteiger partial charge >= 0.3 is 5.97 Å². The maximum absolute atomic E-state index is 12.4. The number of rotatable bonds is 5. The monoisotopic (exact) mass is 293 g/mol. The number of methoxy groups -OCH3 is 1. The van der Waals surface area contributed by atoms with Crippen LogP contribution in [0.3, 0.4) is 0 Å². The lowest BCUT2D eigenvalue weighted by molar-refractivity contribution is -0.141. The number of carboxylic acid groups (broad SMARTS) is 1. The molecular weight excluding hydrogens is 274 g/mol. The van der Waals surface area contributed by atoms with Crippen LogP contribution in [0.2, 0.25) is 0 Å². The van der Waals surface area contributed by atoms with Gasteiger partial charge in [-0.05, 0) is 17.7 Å². The van der Waals surface area contributed by atoms with Crippen molar-refractivity contribution in [3.8, 4) is 0 Å². The Morgan fingerprint density at radius 1 is 1.38 bits per heavy atom. The number of carbonyl (C=O) groups excluding carboxylic acids is 1. The second-order valence-corrected chi connectivity index (χ2v) is 4.97. The van der Waals surface area contributed by atoms with Crippen LogP contribution in [0, 0.1) is 0 Å². The normalized spacial score (nSPS) is 18.5. The molecule has 0 bridgehead atoms. The first kappa shape index (κ1) is 15.5. The molecule has 1 fully saturated rings. The number of carboxylic acids is 1. The van der Waals surface area contributed by atoms with Crippen LogP contribution in [0.4, 0.5) is 0 Å². The van der Waals surface area contributed by atoms with Crippen LogP contribution in [0.25, 0.3) is 0 Å². The van der Waals surface area contributed by atoms with E-state index in [0.29, 0.717) is 31.9 Å². The van der Waals surface area contributed by atoms with Crippen molar-refractivity contribution in [1.29, 1.82) is 0 Å². The number of amides is 1. The summed E-state index contributed by atoms with van der Waals surface area (Å²) in [4.78, 5) is 24.8. The van der Waals surface area contributed by atoms with E-state index in [0.717, 1.165) is 5.56 Å². The lowest BCUT2D eigenvalue weighted by Crippen LogP contribution is -2.46. The molecule has 1 unspecified atom stereocenters. The van der Waals surface area contributed by atoms with Gasteiger partial charge in [0.25, 0.3) is 5.91 Å². The van der Waals surface area contributed by atoms with Crippen LogP contribution in [0.1, 0.15) is 22.3 Å². The van der Waals surface area contributed by atoms with Gasteiger partial charge in [-0.2, -0.15) is 0 Å². The molecule has 1 amide bonds. The number of hydrogen-bond donors (Lipinski definition) is 1. The fourth-order valence-corrected chi connectivity index (χ4v) is 2.31. The molecule has 1 saturated heterocycles. The van der Waals surface area contributed by atoms with Gasteiger partial charge in [0, 0.05) is 25.8 Å². The zero-order valence-electron chi connectivity index (χ0n) is 11.9. The molecule has 1 aromatic carbocycles. The third kappa shape index (κ3) is 4.27. The second-order valence-electron chi connectivity index (χ2n) is 4.97. The Morgan fingerprint density at radius 2 is 2.10 bits per heavy atom. The van der Waals surface area contributed by atoms with Gasteiger partial charge in [0.15, 0.2) is 0 Å². The Morgan fingerprint density at radius 3 is 2.71 bits per heavy atom. The summed E-state index contributed by atoms with van der Waals surface area (Å²) in [6.45, 7) is 1.66. The summed E-state index contributed by atoms with van der Waals surface area (Å²) in [5.41, 5.74) is 1.59. The Balaban J connectivity index is 1.99. The number of benzene rings is 1. The van der Waals surface area contributed by atoms with Crippen molar-refractivity contribution in [3.05, 3.63) is 35.4 Å². The van der Waals surface area contributed by atoms with Gasteiger partial charge in [-0.15, -0.1) is 0 Å². The first-order valence-electron chi connectivity index (χ1n) is 6.80. The van der Waals surface area contributed by atoms with Crippen molar-refractivity contribution >= 4 is 11.9 Å². The predicted octanol–water partition coefficient (Wildman–Crippen LogP) is 1.15. The Labute approximate surface area is 123 Å². The molecule has 0 saturated carbocycles. The SMILES string of the molecule is COCc1ccc(C(=O)N2CCOC(CC(=O)O)C2)cc1. The largest absolute Gasteiger partial charge is 0.481 e. The lowest BCUT2D eigenvalue weighted by Gasteiger charge is -2.32. The van der Waals surface area contributed by atoms with E-state index in [-0.39, 0.29) is 12.3 Å². The highest BCUT2D eigenvalue weighted by molar-refractivity contribution is 5.94. The average molecular weight is 293 g/mol. The van der Waals surface area contributed by atoms with Gasteiger partial charge in [-0.3, -0.25) is 9.59 Å². The molecule has 114 valence electrons. The first-order valence-corrected chi connectivity index (χ1v) is 6.80. The standard InChI is InChI=1S/C15H19NO5/c1-20-10-11-2-4-12(5-3-11)15(19)16-6-7-21-13(9-16)8-14(17)18/h2-5,13H,6-10H2,1H3,(H,17,18). The number of ether oxygens (including phenoxy) is 2. The van der Waals surface area contributed by atoms with Crippen molar-refractivity contribution in [2.24, 2.45) is 0 Å². The fourth-order valence-electron chi connectivity index (χ4n) is 2.31. The first-order chi connectivity index (χ1) is 10.1. The molecule has 0 aliphatic carbocycles. The molecule has 1 aliphatic heterocycles. The zero-order chi connectivity index (χ0) is 15.2. The molecule has 2 rings (SSSR count). The Kier molecular flexibility index (Phi) is 5.30. The third-order valence-electron chi connectivity index (χ3n) is 3.34. The van der Waals surface area contributed by atoms with E-state index in [1.165, 1.54) is 0 Å². The molecule has 1 aliphatic rings. The predicted molar refractivity (Wildman–Crippen MR) is 75.1 cm³/mol. The summed E-state index contributed by atoms with van der Waals surface area (Å²) in [5.74, 6) is -1.02. The molecule has 1 heterocycles. The summed E-state index contributed by atoms with van der Waals surface area (Å²) in [5, 5.41) is 8.79. The molecule has 1 aromatic rings. The summed E-state index contributed by atoms with van der Waals surface area (Å²) in [7, 11) is 1.62. The molecule has 6 nitrogen and oxygen atoms in total.